The van der Waals surface area contributed by atoms with Crippen LogP contribution in [-0.4, -0.2) is 41.9 Å². The second-order valence-corrected chi connectivity index (χ2v) is 7.98. The Morgan fingerprint density at radius 1 is 1.21 bits per heavy atom. The second-order valence-electron chi connectivity index (χ2n) is 7.98. The van der Waals surface area contributed by atoms with Gasteiger partial charge in [-0.2, -0.15) is 0 Å². The zero-order valence-electron chi connectivity index (χ0n) is 16.3. The van der Waals surface area contributed by atoms with Crippen LogP contribution in [0.3, 0.4) is 0 Å². The summed E-state index contributed by atoms with van der Waals surface area (Å²) in [5, 5.41) is 9.00. The number of anilines is 1. The van der Waals surface area contributed by atoms with Crippen molar-refractivity contribution in [2.75, 3.05) is 31.2 Å². The molecule has 0 aliphatic carbocycles. The number of piperidine rings is 1. The van der Waals surface area contributed by atoms with Gasteiger partial charge in [-0.3, -0.25) is 4.79 Å². The van der Waals surface area contributed by atoms with Gasteiger partial charge in [0, 0.05) is 39.0 Å². The number of fused-ring (bicyclic) bond motifs is 1. The number of nitrogens with zero attached hydrogens (tertiary/aromatic N) is 2. The van der Waals surface area contributed by atoms with Gasteiger partial charge in [0.05, 0.1) is 10.9 Å². The molecule has 0 atom stereocenters. The summed E-state index contributed by atoms with van der Waals surface area (Å²) in [7, 11) is 0. The molecule has 2 aliphatic rings. The number of aryl methyl sites for hydroxylation is 1. The first-order valence-electron chi connectivity index (χ1n) is 9.98. The molecule has 2 fully saturated rings. The predicted molar refractivity (Wildman–Crippen MR) is 105 cm³/mol. The van der Waals surface area contributed by atoms with E-state index in [1.54, 1.807) is 11.8 Å². The molecule has 2 saturated heterocycles. The van der Waals surface area contributed by atoms with Crippen LogP contribution < -0.4 is 10.3 Å². The van der Waals surface area contributed by atoms with Crippen molar-refractivity contribution in [3.63, 3.8) is 0 Å². The van der Waals surface area contributed by atoms with Crippen molar-refractivity contribution >= 4 is 22.6 Å². The van der Waals surface area contributed by atoms with Crippen molar-refractivity contribution in [2.45, 2.75) is 39.2 Å². The summed E-state index contributed by atoms with van der Waals surface area (Å²) in [5.41, 5.74) is -1.37. The van der Waals surface area contributed by atoms with Gasteiger partial charge >= 0.3 is 5.97 Å². The van der Waals surface area contributed by atoms with Gasteiger partial charge in [-0.05, 0) is 44.1 Å². The molecule has 4 rings (SSSR count). The highest BCUT2D eigenvalue weighted by molar-refractivity contribution is 5.93. The highest BCUT2D eigenvalue weighted by Gasteiger charge is 2.37. The number of halogens is 2. The molecule has 3 heterocycles. The molecule has 0 saturated carbocycles. The highest BCUT2D eigenvalue weighted by Crippen LogP contribution is 2.42. The molecule has 1 N–H and O–H groups in total. The normalized spacial score (nSPS) is 19.1. The minimum absolute atomic E-state index is 0.0507. The van der Waals surface area contributed by atoms with Crippen LogP contribution in [-0.2, 0) is 11.3 Å². The Balaban J connectivity index is 1.77. The van der Waals surface area contributed by atoms with Crippen molar-refractivity contribution in [3.8, 4) is 0 Å². The monoisotopic (exact) mass is 406 g/mol. The first kappa shape index (κ1) is 19.8. The van der Waals surface area contributed by atoms with E-state index in [4.69, 9.17) is 4.74 Å². The van der Waals surface area contributed by atoms with Crippen molar-refractivity contribution in [1.82, 2.24) is 4.57 Å². The number of hydrogen-bond acceptors (Lipinski definition) is 4. The summed E-state index contributed by atoms with van der Waals surface area (Å²) in [6, 6.07) is 0.980. The van der Waals surface area contributed by atoms with E-state index in [1.165, 1.54) is 4.57 Å². The van der Waals surface area contributed by atoms with Gasteiger partial charge in [-0.15, -0.1) is 0 Å². The van der Waals surface area contributed by atoms with Crippen LogP contribution in [0.1, 0.15) is 43.0 Å². The third-order valence-electron chi connectivity index (χ3n) is 6.49. The Bertz CT molecular complexity index is 1020. The van der Waals surface area contributed by atoms with Gasteiger partial charge in [-0.1, -0.05) is 0 Å². The number of aromatic nitrogens is 1. The molecule has 6 nitrogen and oxygen atoms in total. The Morgan fingerprint density at radius 2 is 1.86 bits per heavy atom. The van der Waals surface area contributed by atoms with Crippen LogP contribution in [0.15, 0.2) is 17.1 Å². The Hall–Kier alpha value is -2.48. The summed E-state index contributed by atoms with van der Waals surface area (Å²) >= 11 is 0. The summed E-state index contributed by atoms with van der Waals surface area (Å²) in [6.07, 6.45) is 4.75. The number of benzene rings is 1. The van der Waals surface area contributed by atoms with E-state index in [-0.39, 0.29) is 28.6 Å². The zero-order chi connectivity index (χ0) is 20.8. The summed E-state index contributed by atoms with van der Waals surface area (Å²) in [4.78, 5) is 25.5. The largest absolute Gasteiger partial charge is 0.477 e. The lowest BCUT2D eigenvalue weighted by Crippen LogP contribution is -2.43. The van der Waals surface area contributed by atoms with E-state index in [2.05, 4.69) is 0 Å². The van der Waals surface area contributed by atoms with E-state index >= 15 is 4.39 Å². The van der Waals surface area contributed by atoms with Crippen LogP contribution in [0.25, 0.3) is 10.9 Å². The number of ether oxygens (including phenoxy) is 1. The Morgan fingerprint density at radius 3 is 2.45 bits per heavy atom. The maximum atomic E-state index is 15.5. The lowest BCUT2D eigenvalue weighted by Gasteiger charge is -2.44. The third kappa shape index (κ3) is 3.29. The SMILES string of the molecule is CCn1cc(C(=O)O)c(=O)c2cc(F)c(N3CCC4(CCOCC4)CC3)c(F)c21. The van der Waals surface area contributed by atoms with E-state index in [0.29, 0.717) is 13.1 Å². The smallest absolute Gasteiger partial charge is 0.341 e. The van der Waals surface area contributed by atoms with E-state index in [1.807, 2.05) is 0 Å². The Labute approximate surface area is 166 Å². The van der Waals surface area contributed by atoms with E-state index in [9.17, 15) is 19.1 Å². The molecule has 2 aromatic rings. The molecule has 0 radical (unpaired) electrons. The topological polar surface area (TPSA) is 71.8 Å². The molecule has 156 valence electrons. The molecule has 0 amide bonds. The summed E-state index contributed by atoms with van der Waals surface area (Å²) in [5.74, 6) is -3.05. The van der Waals surface area contributed by atoms with Crippen LogP contribution >= 0.6 is 0 Å². The van der Waals surface area contributed by atoms with Crippen molar-refractivity contribution in [1.29, 1.82) is 0 Å². The fourth-order valence-corrected chi connectivity index (χ4v) is 4.68. The van der Waals surface area contributed by atoms with Crippen LogP contribution in [0.4, 0.5) is 14.5 Å². The molecule has 0 unspecified atom stereocenters. The number of rotatable bonds is 3. The lowest BCUT2D eigenvalue weighted by molar-refractivity contribution is 0.00201. The number of pyridine rings is 1. The minimum Gasteiger partial charge on any atom is -0.477 e. The highest BCUT2D eigenvalue weighted by atomic mass is 19.1. The fraction of sp³-hybridized carbons (Fsp3) is 0.524. The van der Waals surface area contributed by atoms with Gasteiger partial charge in [0.1, 0.15) is 17.1 Å². The average Bonchev–Trinajstić information content (AvgIpc) is 2.70. The van der Waals surface area contributed by atoms with Gasteiger partial charge in [0.15, 0.2) is 5.82 Å². The van der Waals surface area contributed by atoms with Gasteiger partial charge in [0.2, 0.25) is 5.43 Å². The average molecular weight is 406 g/mol. The maximum absolute atomic E-state index is 15.5. The number of aromatic carboxylic acids is 1. The van der Waals surface area contributed by atoms with E-state index < -0.39 is 28.6 Å². The molecule has 1 spiro atoms. The van der Waals surface area contributed by atoms with Gasteiger partial charge in [0.25, 0.3) is 0 Å². The molecular formula is C21H24F2N2O4. The standard InChI is InChI=1S/C21H24F2N2O4/c1-2-24-12-14(20(27)28)19(26)13-11-15(22)18(16(23)17(13)24)25-7-3-21(4-8-25)5-9-29-10-6-21/h11-12H,2-10H2,1H3,(H,27,28). The first-order valence-corrected chi connectivity index (χ1v) is 9.98. The molecule has 2 aliphatic heterocycles. The number of carboxylic acid groups (broad SMARTS) is 1. The van der Waals surface area contributed by atoms with Crippen molar-refractivity contribution in [2.24, 2.45) is 5.41 Å². The molecule has 0 bridgehead atoms. The third-order valence-corrected chi connectivity index (χ3v) is 6.49. The van der Waals surface area contributed by atoms with Crippen molar-refractivity contribution < 1.29 is 23.4 Å². The summed E-state index contributed by atoms with van der Waals surface area (Å²) < 4.78 is 37.3. The fourth-order valence-electron chi connectivity index (χ4n) is 4.68. The molecule has 1 aromatic heterocycles. The number of carboxylic acids is 1. The number of hydrogen-bond donors (Lipinski definition) is 1. The van der Waals surface area contributed by atoms with Gasteiger partial charge in [-0.25, -0.2) is 13.6 Å². The minimum atomic E-state index is -1.42. The second kappa shape index (κ2) is 7.40. The molecular weight excluding hydrogens is 382 g/mol. The molecule has 29 heavy (non-hydrogen) atoms. The predicted octanol–water partition coefficient (Wildman–Crippen LogP) is 3.39. The van der Waals surface area contributed by atoms with Crippen LogP contribution in [0, 0.1) is 17.0 Å². The van der Waals surface area contributed by atoms with Crippen molar-refractivity contribution in [3.05, 3.63) is 39.7 Å². The summed E-state index contributed by atoms with van der Waals surface area (Å²) in [6.45, 7) is 4.49. The number of carbonyl (C=O) groups is 1. The van der Waals surface area contributed by atoms with E-state index in [0.717, 1.165) is 51.2 Å². The molecule has 1 aromatic carbocycles. The van der Waals surface area contributed by atoms with Crippen LogP contribution in [0.2, 0.25) is 0 Å². The quantitative estimate of drug-likeness (QED) is 0.846. The lowest BCUT2D eigenvalue weighted by atomic mass is 9.72. The first-order chi connectivity index (χ1) is 13.9. The van der Waals surface area contributed by atoms with Gasteiger partial charge < -0.3 is 19.3 Å². The maximum Gasteiger partial charge on any atom is 0.341 e. The van der Waals surface area contributed by atoms with Crippen LogP contribution in [0.5, 0.6) is 0 Å². The molecule has 8 heteroatoms. The zero-order valence-corrected chi connectivity index (χ0v) is 16.3. The Kier molecular flexibility index (Phi) is 5.06.